The molecule has 18 heavy (non-hydrogen) atoms. The van der Waals surface area contributed by atoms with Gasteiger partial charge in [0.05, 0.1) is 23.7 Å². The van der Waals surface area contributed by atoms with Gasteiger partial charge in [0.25, 0.3) is 5.91 Å². The molecule has 0 bridgehead atoms. The van der Waals surface area contributed by atoms with Crippen molar-refractivity contribution in [3.05, 3.63) is 34.1 Å². The van der Waals surface area contributed by atoms with E-state index in [1.54, 1.807) is 4.90 Å². The Bertz CT molecular complexity index is 458. The molecule has 98 valence electrons. The third-order valence-corrected chi connectivity index (χ3v) is 3.80. The number of halogens is 3. The van der Waals surface area contributed by atoms with Crippen molar-refractivity contribution in [3.63, 3.8) is 0 Å². The van der Waals surface area contributed by atoms with Crippen LogP contribution in [0.5, 0.6) is 0 Å². The quantitative estimate of drug-likeness (QED) is 0.777. The number of carbonyl (C=O) groups excluding carboxylic acids is 1. The highest BCUT2D eigenvalue weighted by Gasteiger charge is 2.27. The Hall–Kier alpha value is -0.650. The van der Waals surface area contributed by atoms with Crippen LogP contribution in [0.1, 0.15) is 10.4 Å². The normalized spacial score (nSPS) is 19.9. The molecule has 3 nitrogen and oxygen atoms in total. The second-order valence-electron chi connectivity index (χ2n) is 4.01. The minimum Gasteiger partial charge on any atom is -0.377 e. The molecule has 2 rings (SSSR count). The molecule has 1 aliphatic rings. The van der Waals surface area contributed by atoms with Gasteiger partial charge in [-0.05, 0) is 34.1 Å². The fraction of sp³-hybridized carbons (Fsp3) is 0.417. The van der Waals surface area contributed by atoms with Crippen LogP contribution in [0.2, 0.25) is 0 Å². The summed E-state index contributed by atoms with van der Waals surface area (Å²) < 4.78 is 18.7. The molecule has 1 fully saturated rings. The van der Waals surface area contributed by atoms with E-state index in [0.29, 0.717) is 31.2 Å². The smallest absolute Gasteiger partial charge is 0.254 e. The van der Waals surface area contributed by atoms with Crippen LogP contribution >= 0.6 is 27.5 Å². The molecule has 0 spiro atoms. The molecule has 6 heteroatoms. The summed E-state index contributed by atoms with van der Waals surface area (Å²) in [5, 5.41) is 0. The van der Waals surface area contributed by atoms with Crippen LogP contribution in [0.25, 0.3) is 0 Å². The Morgan fingerprint density at radius 3 is 3.06 bits per heavy atom. The van der Waals surface area contributed by atoms with Crippen molar-refractivity contribution < 1.29 is 13.9 Å². The number of morpholine rings is 1. The van der Waals surface area contributed by atoms with Crippen molar-refractivity contribution in [1.29, 1.82) is 0 Å². The van der Waals surface area contributed by atoms with Crippen LogP contribution in [-0.4, -0.2) is 42.5 Å². The fourth-order valence-electron chi connectivity index (χ4n) is 1.85. The van der Waals surface area contributed by atoms with E-state index >= 15 is 0 Å². The van der Waals surface area contributed by atoms with Gasteiger partial charge in [-0.1, -0.05) is 0 Å². The summed E-state index contributed by atoms with van der Waals surface area (Å²) in [4.78, 5) is 14.0. The van der Waals surface area contributed by atoms with Gasteiger partial charge in [0.1, 0.15) is 5.82 Å². The Kier molecular flexibility index (Phi) is 4.59. The Labute approximate surface area is 118 Å². The second-order valence-corrected chi connectivity index (χ2v) is 5.17. The van der Waals surface area contributed by atoms with E-state index in [9.17, 15) is 9.18 Å². The molecule has 0 aliphatic carbocycles. The number of benzene rings is 1. The maximum atomic E-state index is 13.1. The molecule has 0 aromatic heterocycles. The maximum absolute atomic E-state index is 13.1. The number of nitrogens with zero attached hydrogens (tertiary/aromatic N) is 1. The first-order valence-corrected chi connectivity index (χ1v) is 6.86. The van der Waals surface area contributed by atoms with Crippen LogP contribution < -0.4 is 0 Å². The van der Waals surface area contributed by atoms with Crippen LogP contribution in [0, 0.1) is 5.82 Å². The molecule has 1 amide bonds. The summed E-state index contributed by atoms with van der Waals surface area (Å²) in [6.07, 6.45) is 0. The van der Waals surface area contributed by atoms with Gasteiger partial charge in [-0.15, -0.1) is 11.6 Å². The highest BCUT2D eigenvalue weighted by atomic mass is 79.9. The predicted octanol–water partition coefficient (Wildman–Crippen LogP) is 2.67. The fourth-order valence-corrected chi connectivity index (χ4v) is 2.48. The van der Waals surface area contributed by atoms with Gasteiger partial charge in [0.15, 0.2) is 0 Å². The van der Waals surface area contributed by atoms with Crippen molar-refractivity contribution in [3.8, 4) is 0 Å². The molecule has 1 atom stereocenters. The highest BCUT2D eigenvalue weighted by Crippen LogP contribution is 2.20. The summed E-state index contributed by atoms with van der Waals surface area (Å²) in [6.45, 7) is 1.45. The van der Waals surface area contributed by atoms with E-state index in [-0.39, 0.29) is 22.2 Å². The van der Waals surface area contributed by atoms with E-state index in [4.69, 9.17) is 16.3 Å². The zero-order chi connectivity index (χ0) is 13.1. The highest BCUT2D eigenvalue weighted by molar-refractivity contribution is 9.10. The van der Waals surface area contributed by atoms with Crippen LogP contribution in [0.4, 0.5) is 4.39 Å². The monoisotopic (exact) mass is 335 g/mol. The first-order chi connectivity index (χ1) is 8.63. The van der Waals surface area contributed by atoms with Crippen molar-refractivity contribution in [1.82, 2.24) is 4.90 Å². The molecule has 1 saturated heterocycles. The summed E-state index contributed by atoms with van der Waals surface area (Å²) in [5.74, 6) is -0.208. The average Bonchev–Trinajstić information content (AvgIpc) is 2.41. The van der Waals surface area contributed by atoms with Crippen LogP contribution in [0.15, 0.2) is 22.7 Å². The zero-order valence-electron chi connectivity index (χ0n) is 9.54. The van der Waals surface area contributed by atoms with Crippen LogP contribution in [-0.2, 0) is 4.74 Å². The number of hydrogen-bond acceptors (Lipinski definition) is 2. The molecule has 0 N–H and O–H groups in total. The lowest BCUT2D eigenvalue weighted by Gasteiger charge is -2.34. The molecule has 1 aromatic rings. The lowest BCUT2D eigenvalue weighted by Crippen LogP contribution is -2.49. The number of carbonyl (C=O) groups is 1. The molecule has 1 aromatic carbocycles. The number of alkyl halides is 1. The number of ether oxygens (including phenoxy) is 1. The van der Waals surface area contributed by atoms with Gasteiger partial charge < -0.3 is 9.64 Å². The van der Waals surface area contributed by atoms with E-state index in [0.717, 1.165) is 0 Å². The standard InChI is InChI=1S/C12H12BrClFNO2/c13-10-5-8(1-2-11(10)15)12(17)16-3-4-18-7-9(16)6-14/h1-2,5,9H,3-4,6-7H2. The summed E-state index contributed by atoms with van der Waals surface area (Å²) >= 11 is 8.89. The van der Waals surface area contributed by atoms with E-state index in [2.05, 4.69) is 15.9 Å². The Morgan fingerprint density at radius 2 is 2.39 bits per heavy atom. The minimum atomic E-state index is -0.387. The van der Waals surface area contributed by atoms with Gasteiger partial charge in [-0.2, -0.15) is 0 Å². The minimum absolute atomic E-state index is 0.128. The molecule has 1 heterocycles. The lowest BCUT2D eigenvalue weighted by molar-refractivity contribution is 0.00455. The van der Waals surface area contributed by atoms with Gasteiger partial charge in [-0.25, -0.2) is 4.39 Å². The molecular formula is C12H12BrClFNO2. The molecule has 1 unspecified atom stereocenters. The van der Waals surface area contributed by atoms with E-state index in [1.165, 1.54) is 18.2 Å². The molecule has 0 saturated carbocycles. The van der Waals surface area contributed by atoms with Gasteiger partial charge in [0.2, 0.25) is 0 Å². The third kappa shape index (κ3) is 2.84. The van der Waals surface area contributed by atoms with Gasteiger partial charge in [-0.3, -0.25) is 4.79 Å². The SMILES string of the molecule is O=C(c1ccc(F)c(Br)c1)N1CCOCC1CCl. The Morgan fingerprint density at radius 1 is 1.61 bits per heavy atom. The number of hydrogen-bond donors (Lipinski definition) is 0. The van der Waals surface area contributed by atoms with Crippen molar-refractivity contribution in [2.75, 3.05) is 25.6 Å². The average molecular weight is 337 g/mol. The van der Waals surface area contributed by atoms with Crippen molar-refractivity contribution >= 4 is 33.4 Å². The Balaban J connectivity index is 2.21. The summed E-state index contributed by atoms with van der Waals surface area (Å²) in [7, 11) is 0. The number of amides is 1. The molecule has 1 aliphatic heterocycles. The second kappa shape index (κ2) is 5.99. The molecule has 0 radical (unpaired) electrons. The predicted molar refractivity (Wildman–Crippen MR) is 70.5 cm³/mol. The first-order valence-electron chi connectivity index (χ1n) is 5.53. The summed E-state index contributed by atoms with van der Waals surface area (Å²) in [6, 6.07) is 4.10. The van der Waals surface area contributed by atoms with Crippen LogP contribution in [0.3, 0.4) is 0 Å². The molecular weight excluding hydrogens is 324 g/mol. The van der Waals surface area contributed by atoms with Gasteiger partial charge >= 0.3 is 0 Å². The van der Waals surface area contributed by atoms with Crippen molar-refractivity contribution in [2.45, 2.75) is 6.04 Å². The van der Waals surface area contributed by atoms with E-state index < -0.39 is 0 Å². The van der Waals surface area contributed by atoms with Crippen molar-refractivity contribution in [2.24, 2.45) is 0 Å². The zero-order valence-corrected chi connectivity index (χ0v) is 11.9. The van der Waals surface area contributed by atoms with Gasteiger partial charge in [0, 0.05) is 18.0 Å². The maximum Gasteiger partial charge on any atom is 0.254 e. The number of rotatable bonds is 2. The van der Waals surface area contributed by atoms with E-state index in [1.807, 2.05) is 0 Å². The first kappa shape index (κ1) is 13.8. The largest absolute Gasteiger partial charge is 0.377 e. The topological polar surface area (TPSA) is 29.5 Å². The third-order valence-electron chi connectivity index (χ3n) is 2.83. The summed E-state index contributed by atoms with van der Waals surface area (Å²) in [5.41, 5.74) is 0.445. The lowest BCUT2D eigenvalue weighted by atomic mass is 10.1.